The van der Waals surface area contributed by atoms with Crippen LogP contribution in [0.2, 0.25) is 0 Å². The fourth-order valence-electron chi connectivity index (χ4n) is 1.98. The number of esters is 1. The number of ether oxygens (including phenoxy) is 1. The highest BCUT2D eigenvalue weighted by Crippen LogP contribution is 2.17. The van der Waals surface area contributed by atoms with Crippen molar-refractivity contribution in [3.8, 4) is 0 Å². The number of benzene rings is 2. The lowest BCUT2D eigenvalue weighted by Crippen LogP contribution is -2.12. The fraction of sp³-hybridized carbons (Fsp3) is 0.118. The highest BCUT2D eigenvalue weighted by Gasteiger charge is 2.12. The van der Waals surface area contributed by atoms with Crippen molar-refractivity contribution in [2.24, 2.45) is 5.73 Å². The minimum atomic E-state index is -0.689. The molecule has 0 aromatic heterocycles. The van der Waals surface area contributed by atoms with Crippen LogP contribution in [-0.4, -0.2) is 17.8 Å². The van der Waals surface area contributed by atoms with Crippen LogP contribution in [-0.2, 0) is 16.1 Å². The summed E-state index contributed by atoms with van der Waals surface area (Å²) in [6, 6.07) is 9.87. The fourth-order valence-corrected chi connectivity index (χ4v) is 1.98. The van der Waals surface area contributed by atoms with Gasteiger partial charge >= 0.3 is 5.97 Å². The number of amides is 2. The van der Waals surface area contributed by atoms with Crippen LogP contribution in [0, 0.1) is 5.82 Å². The van der Waals surface area contributed by atoms with E-state index in [4.69, 9.17) is 10.5 Å². The zero-order valence-electron chi connectivity index (χ0n) is 12.8. The smallest absolute Gasteiger partial charge is 0.338 e. The van der Waals surface area contributed by atoms with E-state index in [0.29, 0.717) is 11.1 Å². The van der Waals surface area contributed by atoms with Gasteiger partial charge in [-0.1, -0.05) is 12.1 Å². The van der Waals surface area contributed by atoms with Gasteiger partial charge in [-0.25, -0.2) is 9.18 Å². The molecule has 0 fully saturated rings. The summed E-state index contributed by atoms with van der Waals surface area (Å²) in [6.07, 6.45) is 0. The molecule has 7 heteroatoms. The van der Waals surface area contributed by atoms with Crippen molar-refractivity contribution in [2.75, 3.05) is 5.32 Å². The number of anilines is 1. The van der Waals surface area contributed by atoms with E-state index in [1.54, 1.807) is 18.2 Å². The molecule has 6 nitrogen and oxygen atoms in total. The number of carbonyl (C=O) groups excluding carboxylic acids is 3. The molecule has 0 aliphatic heterocycles. The molecule has 0 aliphatic rings. The van der Waals surface area contributed by atoms with Crippen LogP contribution >= 0.6 is 0 Å². The molecule has 24 heavy (non-hydrogen) atoms. The highest BCUT2D eigenvalue weighted by molar-refractivity contribution is 5.94. The van der Waals surface area contributed by atoms with Crippen LogP contribution in [0.1, 0.15) is 33.2 Å². The molecule has 0 radical (unpaired) electrons. The molecule has 2 aromatic carbocycles. The summed E-state index contributed by atoms with van der Waals surface area (Å²) in [5, 5.41) is 2.29. The van der Waals surface area contributed by atoms with Gasteiger partial charge in [-0.15, -0.1) is 0 Å². The number of hydrogen-bond acceptors (Lipinski definition) is 4. The average Bonchev–Trinajstić information content (AvgIpc) is 2.54. The van der Waals surface area contributed by atoms with Gasteiger partial charge in [-0.3, -0.25) is 9.59 Å². The Morgan fingerprint density at radius 3 is 2.54 bits per heavy atom. The van der Waals surface area contributed by atoms with Gasteiger partial charge in [0.05, 0.1) is 11.3 Å². The zero-order valence-corrected chi connectivity index (χ0v) is 12.8. The number of nitrogens with one attached hydrogen (secondary N) is 1. The first-order valence-electron chi connectivity index (χ1n) is 7.00. The van der Waals surface area contributed by atoms with E-state index in [-0.39, 0.29) is 17.9 Å². The topological polar surface area (TPSA) is 98.5 Å². The lowest BCUT2D eigenvalue weighted by atomic mass is 10.1. The van der Waals surface area contributed by atoms with Crippen molar-refractivity contribution in [2.45, 2.75) is 13.5 Å². The largest absolute Gasteiger partial charge is 0.457 e. The first-order chi connectivity index (χ1) is 11.4. The van der Waals surface area contributed by atoms with E-state index in [0.717, 1.165) is 6.07 Å². The Balaban J connectivity index is 2.08. The molecule has 0 aliphatic carbocycles. The molecule has 2 rings (SSSR count). The van der Waals surface area contributed by atoms with E-state index >= 15 is 0 Å². The molecule has 3 N–H and O–H groups in total. The van der Waals surface area contributed by atoms with Gasteiger partial charge in [-0.2, -0.15) is 0 Å². The van der Waals surface area contributed by atoms with Crippen molar-refractivity contribution >= 4 is 23.5 Å². The van der Waals surface area contributed by atoms with Gasteiger partial charge in [0, 0.05) is 12.5 Å². The number of carbonyl (C=O) groups is 3. The van der Waals surface area contributed by atoms with Crippen LogP contribution in [0.15, 0.2) is 42.5 Å². The highest BCUT2D eigenvalue weighted by atomic mass is 19.1. The van der Waals surface area contributed by atoms with Crippen LogP contribution in [0.25, 0.3) is 0 Å². The second-order valence-electron chi connectivity index (χ2n) is 5.02. The first kappa shape index (κ1) is 17.1. The summed E-state index contributed by atoms with van der Waals surface area (Å²) in [6.45, 7) is 1.16. The summed E-state index contributed by atoms with van der Waals surface area (Å²) in [4.78, 5) is 34.2. The predicted molar refractivity (Wildman–Crippen MR) is 84.8 cm³/mol. The van der Waals surface area contributed by atoms with Gasteiger partial charge in [-0.05, 0) is 35.9 Å². The van der Waals surface area contributed by atoms with Crippen LogP contribution in [0.5, 0.6) is 0 Å². The second kappa shape index (κ2) is 7.36. The molecule has 2 amide bonds. The molecule has 0 bridgehead atoms. The first-order valence-corrected chi connectivity index (χ1v) is 7.00. The third-order valence-electron chi connectivity index (χ3n) is 3.09. The summed E-state index contributed by atoms with van der Waals surface area (Å²) in [5.41, 5.74) is 6.06. The van der Waals surface area contributed by atoms with Crippen LogP contribution in [0.4, 0.5) is 10.1 Å². The Morgan fingerprint density at radius 1 is 1.12 bits per heavy atom. The number of hydrogen-bond donors (Lipinski definition) is 2. The molecule has 0 unspecified atom stereocenters. The Morgan fingerprint density at radius 2 is 1.88 bits per heavy atom. The van der Waals surface area contributed by atoms with Gasteiger partial charge < -0.3 is 15.8 Å². The number of rotatable bonds is 5. The third kappa shape index (κ3) is 4.39. The maximum absolute atomic E-state index is 13.6. The third-order valence-corrected chi connectivity index (χ3v) is 3.09. The molecule has 124 valence electrons. The molecular formula is C17H15FN2O4. The molecule has 0 atom stereocenters. The lowest BCUT2D eigenvalue weighted by molar-refractivity contribution is -0.114. The van der Waals surface area contributed by atoms with E-state index in [1.807, 2.05) is 0 Å². The maximum atomic E-state index is 13.6. The van der Waals surface area contributed by atoms with Crippen LogP contribution in [0.3, 0.4) is 0 Å². The average molecular weight is 330 g/mol. The minimum Gasteiger partial charge on any atom is -0.457 e. The molecule has 0 saturated heterocycles. The SMILES string of the molecule is CC(=O)Nc1cc(C(=O)OCc2cccc(C(N)=O)c2)ccc1F. The summed E-state index contributed by atoms with van der Waals surface area (Å²) < 4.78 is 18.7. The second-order valence-corrected chi connectivity index (χ2v) is 5.02. The normalized spacial score (nSPS) is 10.1. The Kier molecular flexibility index (Phi) is 5.26. The molecule has 0 spiro atoms. The van der Waals surface area contributed by atoms with E-state index < -0.39 is 23.6 Å². The lowest BCUT2D eigenvalue weighted by Gasteiger charge is -2.08. The van der Waals surface area contributed by atoms with E-state index in [1.165, 1.54) is 25.1 Å². The number of halogens is 1. The van der Waals surface area contributed by atoms with Crippen molar-refractivity contribution in [3.63, 3.8) is 0 Å². The summed E-state index contributed by atoms with van der Waals surface area (Å²) in [7, 11) is 0. The van der Waals surface area contributed by atoms with Crippen molar-refractivity contribution in [3.05, 3.63) is 65.0 Å². The monoisotopic (exact) mass is 330 g/mol. The molecule has 0 heterocycles. The van der Waals surface area contributed by atoms with Gasteiger partial charge in [0.25, 0.3) is 0 Å². The summed E-state index contributed by atoms with van der Waals surface area (Å²) >= 11 is 0. The number of primary amides is 1. The van der Waals surface area contributed by atoms with Gasteiger partial charge in [0.2, 0.25) is 11.8 Å². The molecule has 0 saturated carbocycles. The van der Waals surface area contributed by atoms with Crippen LogP contribution < -0.4 is 11.1 Å². The van der Waals surface area contributed by atoms with Crippen molar-refractivity contribution in [1.82, 2.24) is 0 Å². The standard InChI is InChI=1S/C17H15FN2O4/c1-10(21)20-15-8-13(5-6-14(15)18)17(23)24-9-11-3-2-4-12(7-11)16(19)22/h2-8H,9H2,1H3,(H2,19,22)(H,20,21). The Hall–Kier alpha value is -3.22. The Bertz CT molecular complexity index is 805. The quantitative estimate of drug-likeness (QED) is 0.821. The van der Waals surface area contributed by atoms with Gasteiger partial charge in [0.1, 0.15) is 12.4 Å². The van der Waals surface area contributed by atoms with Crippen molar-refractivity contribution < 1.29 is 23.5 Å². The molecule has 2 aromatic rings. The maximum Gasteiger partial charge on any atom is 0.338 e. The minimum absolute atomic E-state index is 0.0766. The molecular weight excluding hydrogens is 315 g/mol. The van der Waals surface area contributed by atoms with E-state index in [2.05, 4.69) is 5.32 Å². The van der Waals surface area contributed by atoms with Crippen molar-refractivity contribution in [1.29, 1.82) is 0 Å². The number of nitrogens with two attached hydrogens (primary N) is 1. The summed E-state index contributed by atoms with van der Waals surface area (Å²) in [5.74, 6) is -2.38. The Labute approximate surface area is 137 Å². The van der Waals surface area contributed by atoms with Gasteiger partial charge in [0.15, 0.2) is 0 Å². The predicted octanol–water partition coefficient (Wildman–Crippen LogP) is 2.24. The van der Waals surface area contributed by atoms with E-state index in [9.17, 15) is 18.8 Å². The zero-order chi connectivity index (χ0) is 17.7.